The van der Waals surface area contributed by atoms with Crippen molar-refractivity contribution in [1.82, 2.24) is 4.90 Å². The lowest BCUT2D eigenvalue weighted by Gasteiger charge is -2.28. The third kappa shape index (κ3) is 3.77. The van der Waals surface area contributed by atoms with E-state index in [2.05, 4.69) is 4.90 Å². The van der Waals surface area contributed by atoms with Crippen LogP contribution in [-0.2, 0) is 4.74 Å². The summed E-state index contributed by atoms with van der Waals surface area (Å²) in [6.07, 6.45) is 5.70. The fraction of sp³-hybridized carbons (Fsp3) is 0.900. The minimum atomic E-state index is 0.774. The Morgan fingerprint density at radius 1 is 1.31 bits per heavy atom. The highest BCUT2D eigenvalue weighted by Crippen LogP contribution is 2.10. The summed E-state index contributed by atoms with van der Waals surface area (Å²) in [7, 11) is 1.71. The molecule has 1 saturated heterocycles. The van der Waals surface area contributed by atoms with E-state index in [1.165, 1.54) is 19.3 Å². The molecule has 0 spiro atoms. The first-order valence-electron chi connectivity index (χ1n) is 5.16. The summed E-state index contributed by atoms with van der Waals surface area (Å²) >= 11 is 0. The van der Waals surface area contributed by atoms with Gasteiger partial charge in [-0.15, -0.1) is 0 Å². The lowest BCUT2D eigenvalue weighted by atomic mass is 10.1. The van der Waals surface area contributed by atoms with Gasteiger partial charge in [-0.1, -0.05) is 0 Å². The van der Waals surface area contributed by atoms with Crippen LogP contribution in [0.1, 0.15) is 32.1 Å². The van der Waals surface area contributed by atoms with Crippen molar-refractivity contribution < 1.29 is 4.74 Å². The number of piperidine rings is 1. The van der Waals surface area contributed by atoms with Crippen molar-refractivity contribution in [3.63, 3.8) is 0 Å². The summed E-state index contributed by atoms with van der Waals surface area (Å²) in [5.41, 5.74) is 0. The Balaban J connectivity index is 2.13. The molecule has 1 heterocycles. The molecule has 1 rings (SSSR count). The first-order chi connectivity index (χ1) is 6.34. The van der Waals surface area contributed by atoms with Crippen molar-refractivity contribution in [2.75, 3.05) is 26.8 Å². The van der Waals surface area contributed by atoms with Gasteiger partial charge in [0.1, 0.15) is 0 Å². The average molecular weight is 184 g/mol. The number of hydrogen-bond donors (Lipinski definition) is 1. The van der Waals surface area contributed by atoms with E-state index in [0.717, 1.165) is 38.4 Å². The molecule has 3 nitrogen and oxygen atoms in total. The molecule has 0 saturated carbocycles. The van der Waals surface area contributed by atoms with Crippen molar-refractivity contribution >= 4 is 5.84 Å². The fourth-order valence-electron chi connectivity index (χ4n) is 1.71. The van der Waals surface area contributed by atoms with Gasteiger partial charge in [-0.05, 0) is 25.7 Å². The molecule has 13 heavy (non-hydrogen) atoms. The standard InChI is InChI=1S/C10H20N2O/c1-13-9-5-6-10(11)12-7-3-2-4-8-12/h11H,2-9H2,1H3. The number of hydrogen-bond acceptors (Lipinski definition) is 2. The maximum absolute atomic E-state index is 7.83. The summed E-state index contributed by atoms with van der Waals surface area (Å²) in [5.74, 6) is 0.803. The van der Waals surface area contributed by atoms with Crippen molar-refractivity contribution in [1.29, 1.82) is 5.41 Å². The first-order valence-corrected chi connectivity index (χ1v) is 5.16. The predicted octanol–water partition coefficient (Wildman–Crippen LogP) is 1.88. The van der Waals surface area contributed by atoms with Gasteiger partial charge in [0.2, 0.25) is 0 Å². The second-order valence-corrected chi connectivity index (χ2v) is 3.59. The largest absolute Gasteiger partial charge is 0.385 e. The summed E-state index contributed by atoms with van der Waals surface area (Å²) in [6.45, 7) is 2.95. The minimum Gasteiger partial charge on any atom is -0.385 e. The van der Waals surface area contributed by atoms with Crippen LogP contribution in [0, 0.1) is 5.41 Å². The van der Waals surface area contributed by atoms with Crippen LogP contribution in [-0.4, -0.2) is 37.5 Å². The molecule has 0 aromatic carbocycles. The van der Waals surface area contributed by atoms with E-state index in [1.54, 1.807) is 7.11 Å². The molecule has 0 aromatic rings. The van der Waals surface area contributed by atoms with E-state index in [-0.39, 0.29) is 0 Å². The maximum atomic E-state index is 7.83. The van der Waals surface area contributed by atoms with E-state index in [9.17, 15) is 0 Å². The van der Waals surface area contributed by atoms with E-state index in [4.69, 9.17) is 10.1 Å². The molecular formula is C10H20N2O. The van der Waals surface area contributed by atoms with Crippen LogP contribution in [0.3, 0.4) is 0 Å². The van der Waals surface area contributed by atoms with Gasteiger partial charge < -0.3 is 9.64 Å². The Hall–Kier alpha value is -0.570. The maximum Gasteiger partial charge on any atom is 0.0958 e. The van der Waals surface area contributed by atoms with E-state index in [0.29, 0.717) is 0 Å². The molecule has 0 atom stereocenters. The van der Waals surface area contributed by atoms with E-state index < -0.39 is 0 Å². The topological polar surface area (TPSA) is 36.3 Å². The summed E-state index contributed by atoms with van der Waals surface area (Å²) in [5, 5.41) is 7.83. The highest BCUT2D eigenvalue weighted by atomic mass is 16.5. The molecule has 3 heteroatoms. The van der Waals surface area contributed by atoms with Crippen LogP contribution in [0.5, 0.6) is 0 Å². The first kappa shape index (κ1) is 10.5. The van der Waals surface area contributed by atoms with E-state index >= 15 is 0 Å². The number of ether oxygens (including phenoxy) is 1. The van der Waals surface area contributed by atoms with Crippen LogP contribution in [0.15, 0.2) is 0 Å². The third-order valence-electron chi connectivity index (χ3n) is 2.50. The number of nitrogens with zero attached hydrogens (tertiary/aromatic N) is 1. The van der Waals surface area contributed by atoms with Crippen LogP contribution in [0.4, 0.5) is 0 Å². The van der Waals surface area contributed by atoms with Gasteiger partial charge in [-0.25, -0.2) is 0 Å². The molecule has 0 amide bonds. The molecule has 1 N–H and O–H groups in total. The lowest BCUT2D eigenvalue weighted by Crippen LogP contribution is -2.35. The Labute approximate surface area is 80.6 Å². The van der Waals surface area contributed by atoms with Gasteiger partial charge >= 0.3 is 0 Å². The summed E-state index contributed by atoms with van der Waals surface area (Å²) in [4.78, 5) is 2.21. The van der Waals surface area contributed by atoms with Crippen LogP contribution in [0.2, 0.25) is 0 Å². The van der Waals surface area contributed by atoms with Crippen LogP contribution < -0.4 is 0 Å². The predicted molar refractivity (Wildman–Crippen MR) is 54.3 cm³/mol. The van der Waals surface area contributed by atoms with Crippen molar-refractivity contribution in [2.24, 2.45) is 0 Å². The zero-order valence-electron chi connectivity index (χ0n) is 8.51. The van der Waals surface area contributed by atoms with Gasteiger partial charge in [0, 0.05) is 33.2 Å². The molecule has 0 aromatic heterocycles. The number of rotatable bonds is 4. The SMILES string of the molecule is COCCCC(=N)N1CCCCC1. The normalized spacial score (nSPS) is 17.5. The molecule has 76 valence electrons. The highest BCUT2D eigenvalue weighted by molar-refractivity contribution is 5.79. The fourth-order valence-corrected chi connectivity index (χ4v) is 1.71. The Kier molecular flexibility index (Phi) is 4.83. The number of methoxy groups -OCH3 is 1. The molecule has 0 bridgehead atoms. The number of nitrogens with one attached hydrogen (secondary N) is 1. The molecule has 1 fully saturated rings. The van der Waals surface area contributed by atoms with Gasteiger partial charge in [0.15, 0.2) is 0 Å². The molecule has 1 aliphatic heterocycles. The van der Waals surface area contributed by atoms with Crippen molar-refractivity contribution in [3.8, 4) is 0 Å². The Morgan fingerprint density at radius 2 is 2.00 bits per heavy atom. The third-order valence-corrected chi connectivity index (χ3v) is 2.50. The smallest absolute Gasteiger partial charge is 0.0958 e. The molecule has 0 radical (unpaired) electrons. The highest BCUT2D eigenvalue weighted by Gasteiger charge is 2.12. The van der Waals surface area contributed by atoms with Gasteiger partial charge in [-0.3, -0.25) is 5.41 Å². The van der Waals surface area contributed by atoms with Gasteiger partial charge in [0.25, 0.3) is 0 Å². The molecule has 0 aliphatic carbocycles. The van der Waals surface area contributed by atoms with Gasteiger partial charge in [0.05, 0.1) is 5.84 Å². The second kappa shape index (κ2) is 5.97. The van der Waals surface area contributed by atoms with Gasteiger partial charge in [-0.2, -0.15) is 0 Å². The Morgan fingerprint density at radius 3 is 2.62 bits per heavy atom. The lowest BCUT2D eigenvalue weighted by molar-refractivity contribution is 0.195. The molecule has 1 aliphatic rings. The van der Waals surface area contributed by atoms with Crippen molar-refractivity contribution in [3.05, 3.63) is 0 Å². The summed E-state index contributed by atoms with van der Waals surface area (Å²) < 4.78 is 4.96. The minimum absolute atomic E-state index is 0.774. The number of amidine groups is 1. The number of likely N-dealkylation sites (tertiary alicyclic amines) is 1. The van der Waals surface area contributed by atoms with Crippen LogP contribution in [0.25, 0.3) is 0 Å². The monoisotopic (exact) mass is 184 g/mol. The zero-order chi connectivity index (χ0) is 9.52. The average Bonchev–Trinajstić information content (AvgIpc) is 2.19. The molecule has 0 unspecified atom stereocenters. The Bertz CT molecular complexity index is 153. The van der Waals surface area contributed by atoms with Crippen LogP contribution >= 0.6 is 0 Å². The van der Waals surface area contributed by atoms with Crippen molar-refractivity contribution in [2.45, 2.75) is 32.1 Å². The van der Waals surface area contributed by atoms with E-state index in [1.807, 2.05) is 0 Å². The second-order valence-electron chi connectivity index (χ2n) is 3.59. The molecular weight excluding hydrogens is 164 g/mol. The quantitative estimate of drug-likeness (QED) is 0.411. The zero-order valence-corrected chi connectivity index (χ0v) is 8.51. The summed E-state index contributed by atoms with van der Waals surface area (Å²) in [6, 6.07) is 0.